The van der Waals surface area contributed by atoms with Crippen molar-refractivity contribution < 1.29 is 27.9 Å². The van der Waals surface area contributed by atoms with Gasteiger partial charge in [0.2, 0.25) is 5.91 Å². The lowest BCUT2D eigenvalue weighted by molar-refractivity contribution is -0.137. The van der Waals surface area contributed by atoms with Crippen molar-refractivity contribution in [3.8, 4) is 0 Å². The van der Waals surface area contributed by atoms with Gasteiger partial charge in [-0.05, 0) is 30.3 Å². The number of hydrogen-bond donors (Lipinski definition) is 1. The number of aromatic carboxylic acids is 1. The summed E-state index contributed by atoms with van der Waals surface area (Å²) < 4.78 is 37.8. The molecule has 2 aromatic carbocycles. The molecule has 0 bridgehead atoms. The number of halogens is 3. The Bertz CT molecular complexity index is 810. The van der Waals surface area contributed by atoms with Crippen LogP contribution in [0.2, 0.25) is 0 Å². The number of thiocarbonyl (C=S) groups is 1. The molecule has 136 valence electrons. The Hall–Kier alpha value is -2.39. The maximum atomic E-state index is 12.5. The first kappa shape index (κ1) is 19.9. The van der Waals surface area contributed by atoms with Crippen LogP contribution < -0.4 is 4.90 Å². The number of amides is 1. The van der Waals surface area contributed by atoms with Gasteiger partial charge in [0.25, 0.3) is 0 Å². The highest BCUT2D eigenvalue weighted by atomic mass is 32.2. The topological polar surface area (TPSA) is 57.6 Å². The Kier molecular flexibility index (Phi) is 6.38. The van der Waals surface area contributed by atoms with E-state index in [4.69, 9.17) is 17.3 Å². The molecular weight excluding hydrogens is 387 g/mol. The second-order valence-electron chi connectivity index (χ2n) is 5.00. The Morgan fingerprint density at radius 1 is 1.12 bits per heavy atom. The number of carbonyl (C=O) groups excluding carboxylic acids is 1. The number of alkyl halides is 3. The quantitative estimate of drug-likeness (QED) is 0.756. The maximum absolute atomic E-state index is 12.5. The Morgan fingerprint density at radius 2 is 1.77 bits per heavy atom. The van der Waals surface area contributed by atoms with Crippen LogP contribution in [0.4, 0.5) is 18.9 Å². The number of carboxylic acids is 1. The van der Waals surface area contributed by atoms with Crippen molar-refractivity contribution in [2.75, 3.05) is 10.7 Å². The van der Waals surface area contributed by atoms with E-state index in [9.17, 15) is 22.8 Å². The fourth-order valence-electron chi connectivity index (χ4n) is 2.01. The van der Waals surface area contributed by atoms with Crippen LogP contribution in [-0.4, -0.2) is 27.1 Å². The van der Waals surface area contributed by atoms with Crippen LogP contribution in [0.3, 0.4) is 0 Å². The number of thioether (sulfide) groups is 1. The number of carboxylic acid groups (broad SMARTS) is 1. The summed E-state index contributed by atoms with van der Waals surface area (Å²) in [6, 6.07) is 12.9. The third-order valence-electron chi connectivity index (χ3n) is 3.20. The molecule has 9 heteroatoms. The molecule has 0 spiro atoms. The Morgan fingerprint density at radius 3 is 2.23 bits per heavy atom. The van der Waals surface area contributed by atoms with Crippen LogP contribution in [-0.2, 0) is 11.0 Å². The predicted octanol–water partition coefficient (Wildman–Crippen LogP) is 4.45. The molecule has 0 aliphatic carbocycles. The number of nitrogens with zero attached hydrogens (tertiary/aromatic N) is 1. The first-order valence-corrected chi connectivity index (χ1v) is 8.55. The summed E-state index contributed by atoms with van der Waals surface area (Å²) in [6.45, 7) is 0. The van der Waals surface area contributed by atoms with E-state index in [0.717, 1.165) is 28.8 Å². The van der Waals surface area contributed by atoms with Crippen LogP contribution in [0.5, 0.6) is 0 Å². The van der Waals surface area contributed by atoms with Gasteiger partial charge in [0.05, 0.1) is 22.6 Å². The molecule has 3 rings (SSSR count). The van der Waals surface area contributed by atoms with Crippen LogP contribution in [0, 0.1) is 0 Å². The van der Waals surface area contributed by atoms with E-state index in [1.54, 1.807) is 30.3 Å². The predicted molar refractivity (Wildman–Crippen MR) is 97.4 cm³/mol. The van der Waals surface area contributed by atoms with E-state index < -0.39 is 17.7 Å². The minimum absolute atomic E-state index is 0.167. The van der Waals surface area contributed by atoms with E-state index in [1.807, 2.05) is 0 Å². The fourth-order valence-corrected chi connectivity index (χ4v) is 3.10. The van der Waals surface area contributed by atoms with Gasteiger partial charge in [0.1, 0.15) is 4.32 Å². The molecule has 0 radical (unpaired) electrons. The Labute approximate surface area is 156 Å². The number of benzene rings is 2. The van der Waals surface area contributed by atoms with Crippen molar-refractivity contribution in [2.45, 2.75) is 6.18 Å². The molecule has 1 N–H and O–H groups in total. The third-order valence-corrected chi connectivity index (χ3v) is 4.56. The number of rotatable bonds is 2. The molecule has 0 saturated carbocycles. The minimum Gasteiger partial charge on any atom is -0.478 e. The summed E-state index contributed by atoms with van der Waals surface area (Å²) in [5.41, 5.74) is -0.292. The average molecular weight is 399 g/mol. The van der Waals surface area contributed by atoms with Crippen molar-refractivity contribution >= 4 is 45.9 Å². The van der Waals surface area contributed by atoms with Crippen molar-refractivity contribution in [2.24, 2.45) is 0 Å². The van der Waals surface area contributed by atoms with Gasteiger partial charge in [-0.2, -0.15) is 13.2 Å². The van der Waals surface area contributed by atoms with Crippen molar-refractivity contribution in [1.29, 1.82) is 0 Å². The number of hydrogen-bond acceptors (Lipinski definition) is 4. The van der Waals surface area contributed by atoms with Crippen LogP contribution in [0.15, 0.2) is 54.6 Å². The van der Waals surface area contributed by atoms with Crippen molar-refractivity contribution in [1.82, 2.24) is 0 Å². The molecule has 1 aliphatic rings. The summed E-state index contributed by atoms with van der Waals surface area (Å²) >= 11 is 6.07. The lowest BCUT2D eigenvalue weighted by Gasteiger charge is -2.16. The van der Waals surface area contributed by atoms with Crippen LogP contribution >= 0.6 is 24.0 Å². The maximum Gasteiger partial charge on any atom is 0.416 e. The molecule has 0 unspecified atom stereocenters. The van der Waals surface area contributed by atoms with Gasteiger partial charge < -0.3 is 5.11 Å². The van der Waals surface area contributed by atoms with Crippen LogP contribution in [0.1, 0.15) is 15.9 Å². The summed E-state index contributed by atoms with van der Waals surface area (Å²) in [5, 5.41) is 8.38. The molecular formula is C17H12F3NO3S2. The lowest BCUT2D eigenvalue weighted by Crippen LogP contribution is -2.28. The van der Waals surface area contributed by atoms with E-state index >= 15 is 0 Å². The molecule has 0 atom stereocenters. The highest BCUT2D eigenvalue weighted by molar-refractivity contribution is 8.24. The third kappa shape index (κ3) is 5.06. The van der Waals surface area contributed by atoms with Gasteiger partial charge in [0, 0.05) is 0 Å². The molecule has 1 amide bonds. The van der Waals surface area contributed by atoms with Gasteiger partial charge in [-0.1, -0.05) is 48.2 Å². The molecule has 1 fully saturated rings. The van der Waals surface area contributed by atoms with Gasteiger partial charge >= 0.3 is 12.1 Å². The summed E-state index contributed by atoms with van der Waals surface area (Å²) in [7, 11) is 0. The SMILES string of the molecule is O=C(O)c1ccccc1.O=C1CSC(=S)N1c1cccc(C(F)(F)F)c1. The molecule has 26 heavy (non-hydrogen) atoms. The highest BCUT2D eigenvalue weighted by Crippen LogP contribution is 2.33. The van der Waals surface area contributed by atoms with Gasteiger partial charge in [-0.3, -0.25) is 9.69 Å². The number of anilines is 1. The highest BCUT2D eigenvalue weighted by Gasteiger charge is 2.33. The van der Waals surface area contributed by atoms with Crippen LogP contribution in [0.25, 0.3) is 0 Å². The smallest absolute Gasteiger partial charge is 0.416 e. The summed E-state index contributed by atoms with van der Waals surface area (Å²) in [4.78, 5) is 22.8. The van der Waals surface area contributed by atoms with Gasteiger partial charge in [-0.25, -0.2) is 4.79 Å². The largest absolute Gasteiger partial charge is 0.478 e. The Balaban J connectivity index is 0.000000228. The van der Waals surface area contributed by atoms with Gasteiger partial charge in [-0.15, -0.1) is 0 Å². The fraction of sp³-hybridized carbons (Fsp3) is 0.118. The van der Waals surface area contributed by atoms with Crippen molar-refractivity contribution in [3.05, 3.63) is 65.7 Å². The molecule has 1 heterocycles. The average Bonchev–Trinajstić information content (AvgIpc) is 2.94. The first-order valence-electron chi connectivity index (χ1n) is 7.15. The van der Waals surface area contributed by atoms with Crippen molar-refractivity contribution in [3.63, 3.8) is 0 Å². The normalized spacial score (nSPS) is 14.0. The zero-order valence-corrected chi connectivity index (χ0v) is 14.7. The second-order valence-corrected chi connectivity index (χ2v) is 6.61. The lowest BCUT2D eigenvalue weighted by atomic mass is 10.2. The first-order chi connectivity index (χ1) is 12.2. The molecule has 0 aromatic heterocycles. The molecule has 2 aromatic rings. The second kappa shape index (κ2) is 8.33. The summed E-state index contributed by atoms with van der Waals surface area (Å²) in [6.07, 6.45) is -4.42. The van der Waals surface area contributed by atoms with E-state index in [0.29, 0.717) is 5.56 Å². The van der Waals surface area contributed by atoms with Gasteiger partial charge in [0.15, 0.2) is 0 Å². The van der Waals surface area contributed by atoms with E-state index in [1.165, 1.54) is 12.1 Å². The van der Waals surface area contributed by atoms with E-state index in [-0.39, 0.29) is 21.7 Å². The molecule has 4 nitrogen and oxygen atoms in total. The molecule has 1 aliphatic heterocycles. The van der Waals surface area contributed by atoms with E-state index in [2.05, 4.69) is 0 Å². The molecule has 1 saturated heterocycles. The minimum atomic E-state index is -4.42. The zero-order valence-electron chi connectivity index (χ0n) is 13.1. The number of carbonyl (C=O) groups is 2. The monoisotopic (exact) mass is 399 g/mol. The standard InChI is InChI=1S/C10H6F3NOS2.C7H6O2/c11-10(12,13)6-2-1-3-7(4-6)14-8(15)5-17-9(14)16;8-7(9)6-4-2-1-3-5-6/h1-4H,5H2;1-5H,(H,8,9). The summed E-state index contributed by atoms with van der Waals surface area (Å²) in [5.74, 6) is -0.996. The zero-order chi connectivity index (χ0) is 19.3.